The van der Waals surface area contributed by atoms with Gasteiger partial charge >= 0.3 is 18.1 Å². The molecule has 1 aromatic rings. The highest BCUT2D eigenvalue weighted by Gasteiger charge is 2.41. The molecule has 0 atom stereocenters. The number of hydrogen-bond donors (Lipinski definition) is 1. The summed E-state index contributed by atoms with van der Waals surface area (Å²) < 4.78 is 45.7. The van der Waals surface area contributed by atoms with Crippen LogP contribution in [-0.4, -0.2) is 23.7 Å². The lowest BCUT2D eigenvalue weighted by Gasteiger charge is -2.02. The SMILES string of the molecule is CCOC(=O)c1cc(C(=O)O)c(C(F)(F)F)o1. The van der Waals surface area contributed by atoms with Crippen LogP contribution in [0.1, 0.15) is 33.6 Å². The lowest BCUT2D eigenvalue weighted by atomic mass is 10.2. The van der Waals surface area contributed by atoms with Crippen LogP contribution in [0.2, 0.25) is 0 Å². The van der Waals surface area contributed by atoms with Crippen molar-refractivity contribution in [2.45, 2.75) is 13.1 Å². The Morgan fingerprint density at radius 1 is 1.47 bits per heavy atom. The van der Waals surface area contributed by atoms with Gasteiger partial charge in [-0.15, -0.1) is 0 Å². The molecule has 0 aliphatic carbocycles. The molecule has 5 nitrogen and oxygen atoms in total. The van der Waals surface area contributed by atoms with Crippen molar-refractivity contribution in [3.05, 3.63) is 23.2 Å². The van der Waals surface area contributed by atoms with Crippen molar-refractivity contribution in [3.63, 3.8) is 0 Å². The van der Waals surface area contributed by atoms with Crippen molar-refractivity contribution >= 4 is 11.9 Å². The van der Waals surface area contributed by atoms with Crippen molar-refractivity contribution in [1.82, 2.24) is 0 Å². The molecule has 0 saturated heterocycles. The second-order valence-corrected chi connectivity index (χ2v) is 2.88. The van der Waals surface area contributed by atoms with E-state index in [1.54, 1.807) is 0 Å². The summed E-state index contributed by atoms with van der Waals surface area (Å²) in [4.78, 5) is 21.6. The van der Waals surface area contributed by atoms with Gasteiger partial charge in [0.2, 0.25) is 11.5 Å². The van der Waals surface area contributed by atoms with E-state index in [0.717, 1.165) is 0 Å². The lowest BCUT2D eigenvalue weighted by molar-refractivity contribution is -0.153. The summed E-state index contributed by atoms with van der Waals surface area (Å²) in [5.41, 5.74) is -1.12. The Hall–Kier alpha value is -1.99. The van der Waals surface area contributed by atoms with Gasteiger partial charge in [-0.25, -0.2) is 9.59 Å². The number of furan rings is 1. The highest BCUT2D eigenvalue weighted by atomic mass is 19.4. The zero-order valence-corrected chi connectivity index (χ0v) is 8.50. The van der Waals surface area contributed by atoms with Gasteiger partial charge in [0.25, 0.3) is 0 Å². The summed E-state index contributed by atoms with van der Waals surface area (Å²) in [6.07, 6.45) is -4.99. The fourth-order valence-electron chi connectivity index (χ4n) is 1.06. The van der Waals surface area contributed by atoms with Gasteiger partial charge in [-0.2, -0.15) is 13.2 Å². The Morgan fingerprint density at radius 2 is 2.06 bits per heavy atom. The van der Waals surface area contributed by atoms with E-state index in [2.05, 4.69) is 9.15 Å². The largest absolute Gasteiger partial charge is 0.478 e. The predicted molar refractivity (Wildman–Crippen MR) is 46.6 cm³/mol. The van der Waals surface area contributed by atoms with Crippen LogP contribution in [-0.2, 0) is 10.9 Å². The molecule has 0 aliphatic heterocycles. The van der Waals surface area contributed by atoms with Crippen LogP contribution in [0.3, 0.4) is 0 Å². The number of aromatic carboxylic acids is 1. The van der Waals surface area contributed by atoms with E-state index in [-0.39, 0.29) is 6.61 Å². The number of esters is 1. The van der Waals surface area contributed by atoms with E-state index in [1.807, 2.05) is 0 Å². The van der Waals surface area contributed by atoms with E-state index in [1.165, 1.54) is 6.92 Å². The summed E-state index contributed by atoms with van der Waals surface area (Å²) in [7, 11) is 0. The van der Waals surface area contributed by atoms with Crippen LogP contribution >= 0.6 is 0 Å². The molecule has 0 bridgehead atoms. The van der Waals surface area contributed by atoms with Crippen LogP contribution in [0, 0.1) is 0 Å². The molecule has 0 radical (unpaired) electrons. The molecule has 1 heterocycles. The number of ether oxygens (including phenoxy) is 1. The third-order valence-corrected chi connectivity index (χ3v) is 1.70. The third-order valence-electron chi connectivity index (χ3n) is 1.70. The van der Waals surface area contributed by atoms with Crippen molar-refractivity contribution in [2.24, 2.45) is 0 Å². The number of halogens is 3. The molecular formula is C9H7F3O5. The van der Waals surface area contributed by atoms with E-state index in [9.17, 15) is 22.8 Å². The molecule has 8 heteroatoms. The van der Waals surface area contributed by atoms with Gasteiger partial charge in [-0.1, -0.05) is 0 Å². The van der Waals surface area contributed by atoms with E-state index in [0.29, 0.717) is 6.07 Å². The molecular weight excluding hydrogens is 245 g/mol. The molecule has 17 heavy (non-hydrogen) atoms. The fourth-order valence-corrected chi connectivity index (χ4v) is 1.06. The standard InChI is InChI=1S/C9H7F3O5/c1-2-16-8(15)5-3-4(7(13)14)6(17-5)9(10,11)12/h3H,2H2,1H3,(H,13,14). The Labute approximate surface area is 92.8 Å². The number of rotatable bonds is 3. The first-order valence-corrected chi connectivity index (χ1v) is 4.38. The number of carbonyl (C=O) groups is 2. The van der Waals surface area contributed by atoms with E-state index < -0.39 is 35.2 Å². The first-order valence-electron chi connectivity index (χ1n) is 4.38. The topological polar surface area (TPSA) is 76.7 Å². The van der Waals surface area contributed by atoms with Gasteiger partial charge in [0.15, 0.2) is 0 Å². The minimum atomic E-state index is -4.99. The number of carbonyl (C=O) groups excluding carboxylic acids is 1. The Balaban J connectivity index is 3.22. The maximum atomic E-state index is 12.4. The van der Waals surface area contributed by atoms with Gasteiger partial charge in [-0.3, -0.25) is 0 Å². The molecule has 0 unspecified atom stereocenters. The summed E-state index contributed by atoms with van der Waals surface area (Å²) in [6.45, 7) is 1.38. The van der Waals surface area contributed by atoms with Crippen molar-refractivity contribution < 1.29 is 37.0 Å². The van der Waals surface area contributed by atoms with Gasteiger partial charge in [0.1, 0.15) is 5.56 Å². The zero-order chi connectivity index (χ0) is 13.2. The summed E-state index contributed by atoms with van der Waals surface area (Å²) >= 11 is 0. The number of alkyl halides is 3. The quantitative estimate of drug-likeness (QED) is 0.834. The Morgan fingerprint density at radius 3 is 2.41 bits per heavy atom. The van der Waals surface area contributed by atoms with Crippen molar-refractivity contribution in [1.29, 1.82) is 0 Å². The Bertz CT molecular complexity index is 446. The minimum absolute atomic E-state index is 0.0662. The van der Waals surface area contributed by atoms with Gasteiger partial charge in [0, 0.05) is 6.07 Å². The molecule has 0 aromatic carbocycles. The van der Waals surface area contributed by atoms with E-state index in [4.69, 9.17) is 5.11 Å². The average molecular weight is 252 g/mol. The second kappa shape index (κ2) is 4.48. The number of hydrogen-bond acceptors (Lipinski definition) is 4. The van der Waals surface area contributed by atoms with Gasteiger partial charge in [0.05, 0.1) is 6.61 Å². The molecule has 1 aromatic heterocycles. The second-order valence-electron chi connectivity index (χ2n) is 2.88. The van der Waals surface area contributed by atoms with Crippen LogP contribution < -0.4 is 0 Å². The van der Waals surface area contributed by atoms with Crippen LogP contribution in [0.5, 0.6) is 0 Å². The molecule has 1 N–H and O–H groups in total. The normalized spacial score (nSPS) is 11.3. The predicted octanol–water partition coefficient (Wildman–Crippen LogP) is 2.17. The third kappa shape index (κ3) is 2.77. The highest BCUT2D eigenvalue weighted by Crippen LogP contribution is 2.34. The maximum Gasteiger partial charge on any atom is 0.450 e. The lowest BCUT2D eigenvalue weighted by Crippen LogP contribution is -2.09. The molecule has 0 spiro atoms. The maximum absolute atomic E-state index is 12.4. The Kier molecular flexibility index (Phi) is 3.45. The minimum Gasteiger partial charge on any atom is -0.478 e. The van der Waals surface area contributed by atoms with Crippen LogP contribution in [0.15, 0.2) is 10.5 Å². The first kappa shape index (κ1) is 13.1. The van der Waals surface area contributed by atoms with Crippen LogP contribution in [0.4, 0.5) is 13.2 Å². The summed E-state index contributed by atoms with van der Waals surface area (Å²) in [6, 6.07) is 0.489. The van der Waals surface area contributed by atoms with Gasteiger partial charge < -0.3 is 14.3 Å². The summed E-state index contributed by atoms with van der Waals surface area (Å²) in [5, 5.41) is 8.54. The molecule has 1 rings (SSSR count). The highest BCUT2D eigenvalue weighted by molar-refractivity contribution is 5.94. The molecule has 0 saturated carbocycles. The van der Waals surface area contributed by atoms with E-state index >= 15 is 0 Å². The fraction of sp³-hybridized carbons (Fsp3) is 0.333. The van der Waals surface area contributed by atoms with Crippen LogP contribution in [0.25, 0.3) is 0 Å². The number of carboxylic acids is 1. The monoisotopic (exact) mass is 252 g/mol. The molecule has 94 valence electrons. The molecule has 0 amide bonds. The molecule has 0 aliphatic rings. The molecule has 0 fully saturated rings. The average Bonchev–Trinajstić information content (AvgIpc) is 2.61. The summed E-state index contributed by atoms with van der Waals surface area (Å²) in [5.74, 6) is -5.51. The van der Waals surface area contributed by atoms with Crippen molar-refractivity contribution in [2.75, 3.05) is 6.61 Å². The van der Waals surface area contributed by atoms with Crippen molar-refractivity contribution in [3.8, 4) is 0 Å². The van der Waals surface area contributed by atoms with Gasteiger partial charge in [-0.05, 0) is 6.92 Å². The number of carboxylic acid groups (broad SMARTS) is 1. The first-order chi connectivity index (χ1) is 7.77. The smallest absolute Gasteiger partial charge is 0.450 e. The zero-order valence-electron chi connectivity index (χ0n) is 8.50.